The van der Waals surface area contributed by atoms with E-state index in [1.165, 1.54) is 19.3 Å². The number of benzene rings is 1. The van der Waals surface area contributed by atoms with Crippen molar-refractivity contribution in [3.8, 4) is 0 Å². The van der Waals surface area contributed by atoms with Crippen LogP contribution in [-0.2, 0) is 0 Å². The van der Waals surface area contributed by atoms with E-state index in [4.69, 9.17) is 17.3 Å². The van der Waals surface area contributed by atoms with Gasteiger partial charge in [-0.25, -0.2) is 0 Å². The van der Waals surface area contributed by atoms with Crippen molar-refractivity contribution in [2.45, 2.75) is 46.0 Å². The highest BCUT2D eigenvalue weighted by atomic mass is 35.5. The molecule has 0 aliphatic carbocycles. The van der Waals surface area contributed by atoms with E-state index in [-0.39, 0.29) is 5.91 Å². The SMILES string of the molecule is CC(C)CCCCCCNC(=O)c1cc(N)cc(Cl)c1. The molecule has 3 nitrogen and oxygen atoms in total. The van der Waals surface area contributed by atoms with Gasteiger partial charge in [-0.2, -0.15) is 0 Å². The number of carbonyl (C=O) groups is 1. The third-order valence-corrected chi connectivity index (χ3v) is 3.39. The summed E-state index contributed by atoms with van der Waals surface area (Å²) >= 11 is 5.88. The van der Waals surface area contributed by atoms with Crippen LogP contribution in [0.3, 0.4) is 0 Å². The maximum Gasteiger partial charge on any atom is 0.251 e. The highest BCUT2D eigenvalue weighted by Gasteiger charge is 2.06. The van der Waals surface area contributed by atoms with Crippen molar-refractivity contribution in [3.63, 3.8) is 0 Å². The number of amides is 1. The predicted octanol–water partition coefficient (Wildman–Crippen LogP) is 4.26. The Hall–Kier alpha value is -1.22. The highest BCUT2D eigenvalue weighted by Crippen LogP contribution is 2.16. The molecule has 1 aromatic rings. The van der Waals surface area contributed by atoms with E-state index in [0.717, 1.165) is 18.8 Å². The number of halogens is 1. The topological polar surface area (TPSA) is 55.1 Å². The van der Waals surface area contributed by atoms with Crippen LogP contribution < -0.4 is 11.1 Å². The van der Waals surface area contributed by atoms with Crippen molar-refractivity contribution in [3.05, 3.63) is 28.8 Å². The van der Waals surface area contributed by atoms with Gasteiger partial charge in [0.2, 0.25) is 0 Å². The first-order chi connectivity index (χ1) is 9.49. The van der Waals surface area contributed by atoms with Gasteiger partial charge in [0.05, 0.1) is 0 Å². The number of hydrogen-bond acceptors (Lipinski definition) is 2. The monoisotopic (exact) mass is 296 g/mol. The molecule has 20 heavy (non-hydrogen) atoms. The molecule has 0 aliphatic rings. The molecule has 0 unspecified atom stereocenters. The number of carbonyl (C=O) groups excluding carboxylic acids is 1. The lowest BCUT2D eigenvalue weighted by molar-refractivity contribution is 0.0953. The molecule has 0 saturated heterocycles. The second-order valence-electron chi connectivity index (χ2n) is 5.63. The number of unbranched alkanes of at least 4 members (excludes halogenated alkanes) is 3. The predicted molar refractivity (Wildman–Crippen MR) is 86.1 cm³/mol. The molecule has 0 radical (unpaired) electrons. The van der Waals surface area contributed by atoms with Crippen LogP contribution in [0.5, 0.6) is 0 Å². The van der Waals surface area contributed by atoms with Gasteiger partial charge in [-0.3, -0.25) is 4.79 Å². The molecule has 112 valence electrons. The maximum atomic E-state index is 11.9. The largest absolute Gasteiger partial charge is 0.399 e. The van der Waals surface area contributed by atoms with Crippen molar-refractivity contribution in [2.75, 3.05) is 12.3 Å². The fourth-order valence-electron chi connectivity index (χ4n) is 2.08. The van der Waals surface area contributed by atoms with E-state index in [2.05, 4.69) is 19.2 Å². The molecule has 0 heterocycles. The van der Waals surface area contributed by atoms with Crippen LogP contribution >= 0.6 is 11.6 Å². The van der Waals surface area contributed by atoms with Crippen LogP contribution in [0, 0.1) is 5.92 Å². The number of nitrogens with one attached hydrogen (secondary N) is 1. The summed E-state index contributed by atoms with van der Waals surface area (Å²) in [7, 11) is 0. The van der Waals surface area contributed by atoms with E-state index < -0.39 is 0 Å². The molecule has 1 aromatic carbocycles. The fraction of sp³-hybridized carbons (Fsp3) is 0.562. The molecule has 0 saturated carbocycles. The molecular weight excluding hydrogens is 272 g/mol. The van der Waals surface area contributed by atoms with Gasteiger partial charge < -0.3 is 11.1 Å². The van der Waals surface area contributed by atoms with E-state index in [1.807, 2.05) is 0 Å². The third-order valence-electron chi connectivity index (χ3n) is 3.18. The van der Waals surface area contributed by atoms with E-state index in [9.17, 15) is 4.79 Å². The van der Waals surface area contributed by atoms with Crippen molar-refractivity contribution in [2.24, 2.45) is 5.92 Å². The van der Waals surface area contributed by atoms with Crippen LogP contribution in [0.25, 0.3) is 0 Å². The van der Waals surface area contributed by atoms with E-state index in [1.54, 1.807) is 18.2 Å². The molecule has 3 N–H and O–H groups in total. The molecule has 0 aromatic heterocycles. The zero-order chi connectivity index (χ0) is 15.0. The molecule has 0 fully saturated rings. The first kappa shape index (κ1) is 16.8. The molecule has 0 atom stereocenters. The molecule has 1 amide bonds. The molecule has 0 aliphatic heterocycles. The number of hydrogen-bond donors (Lipinski definition) is 2. The van der Waals surface area contributed by atoms with Gasteiger partial charge in [-0.1, -0.05) is 51.1 Å². The molecule has 0 spiro atoms. The number of nitrogens with two attached hydrogens (primary N) is 1. The van der Waals surface area contributed by atoms with Gasteiger partial charge in [-0.15, -0.1) is 0 Å². The molecule has 0 bridgehead atoms. The Morgan fingerprint density at radius 2 is 1.90 bits per heavy atom. The van der Waals surface area contributed by atoms with Crippen molar-refractivity contribution < 1.29 is 4.79 Å². The summed E-state index contributed by atoms with van der Waals surface area (Å²) in [6.45, 7) is 5.20. The van der Waals surface area contributed by atoms with Crippen molar-refractivity contribution in [1.29, 1.82) is 0 Å². The number of nitrogen functional groups attached to an aromatic ring is 1. The Morgan fingerprint density at radius 1 is 1.20 bits per heavy atom. The van der Waals surface area contributed by atoms with Crippen LogP contribution in [-0.4, -0.2) is 12.5 Å². The molecule has 4 heteroatoms. The molecule has 1 rings (SSSR count). The van der Waals surface area contributed by atoms with Gasteiger partial charge in [0.25, 0.3) is 5.91 Å². The lowest BCUT2D eigenvalue weighted by atomic mass is 10.0. The Morgan fingerprint density at radius 3 is 2.55 bits per heavy atom. The summed E-state index contributed by atoms with van der Waals surface area (Å²) in [6.07, 6.45) is 5.97. The Kier molecular flexibility index (Phi) is 7.45. The smallest absolute Gasteiger partial charge is 0.251 e. The average molecular weight is 297 g/mol. The van der Waals surface area contributed by atoms with Gasteiger partial charge in [0, 0.05) is 22.8 Å². The second-order valence-corrected chi connectivity index (χ2v) is 6.06. The Balaban J connectivity index is 2.20. The molecular formula is C16H25ClN2O. The average Bonchev–Trinajstić information content (AvgIpc) is 2.35. The third kappa shape index (κ3) is 6.80. The van der Waals surface area contributed by atoms with Gasteiger partial charge in [0.15, 0.2) is 0 Å². The van der Waals surface area contributed by atoms with Gasteiger partial charge in [0.1, 0.15) is 0 Å². The highest BCUT2D eigenvalue weighted by molar-refractivity contribution is 6.31. The fourth-order valence-corrected chi connectivity index (χ4v) is 2.32. The summed E-state index contributed by atoms with van der Waals surface area (Å²) in [5.74, 6) is 0.671. The van der Waals surface area contributed by atoms with Crippen LogP contribution in [0.1, 0.15) is 56.3 Å². The number of anilines is 1. The summed E-state index contributed by atoms with van der Waals surface area (Å²) in [5.41, 5.74) is 6.70. The van der Waals surface area contributed by atoms with Crippen LogP contribution in [0.2, 0.25) is 5.02 Å². The van der Waals surface area contributed by atoms with Gasteiger partial charge >= 0.3 is 0 Å². The summed E-state index contributed by atoms with van der Waals surface area (Å²) in [4.78, 5) is 11.9. The minimum Gasteiger partial charge on any atom is -0.399 e. The van der Waals surface area contributed by atoms with Gasteiger partial charge in [-0.05, 0) is 30.5 Å². The quantitative estimate of drug-likeness (QED) is 0.556. The minimum atomic E-state index is -0.110. The Bertz CT molecular complexity index is 412. The first-order valence-electron chi connectivity index (χ1n) is 7.33. The minimum absolute atomic E-state index is 0.110. The van der Waals surface area contributed by atoms with Crippen molar-refractivity contribution in [1.82, 2.24) is 5.32 Å². The standard InChI is InChI=1S/C16H25ClN2O/c1-12(2)7-5-3-4-6-8-19-16(20)13-9-14(17)11-15(18)10-13/h9-12H,3-8,18H2,1-2H3,(H,19,20). The zero-order valence-corrected chi connectivity index (χ0v) is 13.2. The summed E-state index contributed by atoms with van der Waals surface area (Å²) < 4.78 is 0. The summed E-state index contributed by atoms with van der Waals surface area (Å²) in [5, 5.41) is 3.39. The van der Waals surface area contributed by atoms with Crippen molar-refractivity contribution >= 4 is 23.2 Å². The van der Waals surface area contributed by atoms with Crippen LogP contribution in [0.15, 0.2) is 18.2 Å². The van der Waals surface area contributed by atoms with Crippen LogP contribution in [0.4, 0.5) is 5.69 Å². The van der Waals surface area contributed by atoms with E-state index >= 15 is 0 Å². The summed E-state index contributed by atoms with van der Waals surface area (Å²) in [6, 6.07) is 4.91. The zero-order valence-electron chi connectivity index (χ0n) is 12.4. The second kappa shape index (κ2) is 8.85. The Labute approximate surface area is 126 Å². The first-order valence-corrected chi connectivity index (χ1v) is 7.71. The maximum absolute atomic E-state index is 11.9. The van der Waals surface area contributed by atoms with E-state index in [0.29, 0.717) is 22.8 Å². The lowest BCUT2D eigenvalue weighted by Crippen LogP contribution is -2.24. The normalized spacial score (nSPS) is 10.8. The number of rotatable bonds is 8. The lowest BCUT2D eigenvalue weighted by Gasteiger charge is -2.07.